The van der Waals surface area contributed by atoms with E-state index in [-0.39, 0.29) is 6.04 Å². The van der Waals surface area contributed by atoms with Crippen molar-refractivity contribution < 1.29 is 0 Å². The number of nitrogens with zero attached hydrogens (tertiary/aromatic N) is 2. The second-order valence-corrected chi connectivity index (χ2v) is 4.84. The van der Waals surface area contributed by atoms with Crippen molar-refractivity contribution in [1.29, 1.82) is 0 Å². The number of halogens is 2. The van der Waals surface area contributed by atoms with Crippen LogP contribution in [0.4, 0.5) is 0 Å². The second-order valence-electron chi connectivity index (χ2n) is 4.08. The summed E-state index contributed by atoms with van der Waals surface area (Å²) in [4.78, 5) is 0. The van der Waals surface area contributed by atoms with Crippen LogP contribution in [0.15, 0.2) is 0 Å². The van der Waals surface area contributed by atoms with Crippen LogP contribution in [0, 0.1) is 0 Å². The fraction of sp³-hybridized carbons (Fsp3) is 0.727. The van der Waals surface area contributed by atoms with Crippen LogP contribution in [0.2, 0.25) is 5.02 Å². The first-order chi connectivity index (χ1) is 8.13. The van der Waals surface area contributed by atoms with Gasteiger partial charge in [-0.2, -0.15) is 5.10 Å². The molecule has 4 nitrogen and oxygen atoms in total. The molecule has 3 N–H and O–H groups in total. The molecule has 1 atom stereocenters. The summed E-state index contributed by atoms with van der Waals surface area (Å²) >= 11 is 12.0. The number of hydrogen-bond donors (Lipinski definition) is 2. The summed E-state index contributed by atoms with van der Waals surface area (Å²) in [7, 11) is 1.91. The van der Waals surface area contributed by atoms with E-state index in [0.29, 0.717) is 5.88 Å². The standard InChI is InChI=1S/C11H20Cl2N4/c1-3-9-11(13)10(17(2)16-9)7-8(15-14)5-4-6-12/h8,15H,3-7,14H2,1-2H3. The van der Waals surface area contributed by atoms with Gasteiger partial charge in [0.05, 0.1) is 16.4 Å². The smallest absolute Gasteiger partial charge is 0.0850 e. The number of aryl methyl sites for hydroxylation is 2. The summed E-state index contributed by atoms with van der Waals surface area (Å²) in [6, 6.07) is 0.186. The van der Waals surface area contributed by atoms with Gasteiger partial charge >= 0.3 is 0 Å². The average Bonchev–Trinajstić information content (AvgIpc) is 2.60. The largest absolute Gasteiger partial charge is 0.271 e. The monoisotopic (exact) mass is 278 g/mol. The molecule has 0 radical (unpaired) electrons. The van der Waals surface area contributed by atoms with Gasteiger partial charge in [-0.25, -0.2) is 0 Å². The maximum Gasteiger partial charge on any atom is 0.0850 e. The summed E-state index contributed by atoms with van der Waals surface area (Å²) in [6.45, 7) is 2.05. The fourth-order valence-corrected chi connectivity index (χ4v) is 2.37. The molecule has 1 unspecified atom stereocenters. The molecule has 0 saturated heterocycles. The molecule has 0 saturated carbocycles. The molecular weight excluding hydrogens is 259 g/mol. The van der Waals surface area contributed by atoms with Crippen LogP contribution in [0.25, 0.3) is 0 Å². The third kappa shape index (κ3) is 3.85. The molecule has 0 spiro atoms. The van der Waals surface area contributed by atoms with Gasteiger partial charge in [-0.15, -0.1) is 11.6 Å². The predicted molar refractivity (Wildman–Crippen MR) is 72.4 cm³/mol. The molecule has 1 aromatic heterocycles. The molecule has 0 fully saturated rings. The van der Waals surface area contributed by atoms with Crippen LogP contribution < -0.4 is 11.3 Å². The van der Waals surface area contributed by atoms with Gasteiger partial charge in [-0.3, -0.25) is 16.0 Å². The first-order valence-electron chi connectivity index (χ1n) is 5.86. The van der Waals surface area contributed by atoms with Gasteiger partial charge < -0.3 is 0 Å². The molecule has 6 heteroatoms. The molecule has 0 aromatic carbocycles. The number of hydrogen-bond acceptors (Lipinski definition) is 3. The molecule has 98 valence electrons. The highest BCUT2D eigenvalue weighted by atomic mass is 35.5. The van der Waals surface area contributed by atoms with Gasteiger partial charge in [0.25, 0.3) is 0 Å². The van der Waals surface area contributed by atoms with E-state index in [1.807, 2.05) is 18.7 Å². The third-order valence-corrected chi connectivity index (χ3v) is 3.57. The molecule has 1 rings (SSSR count). The SMILES string of the molecule is CCc1nn(C)c(CC(CCCCl)NN)c1Cl. The predicted octanol–water partition coefficient (Wildman–Crippen LogP) is 2.03. The van der Waals surface area contributed by atoms with Crippen LogP contribution >= 0.6 is 23.2 Å². The Bertz CT molecular complexity index is 351. The Kier molecular flexibility index (Phi) is 6.27. The van der Waals surface area contributed by atoms with E-state index in [2.05, 4.69) is 10.5 Å². The quantitative estimate of drug-likeness (QED) is 0.456. The van der Waals surface area contributed by atoms with Crippen LogP contribution in [-0.2, 0) is 19.9 Å². The number of rotatable bonds is 7. The highest BCUT2D eigenvalue weighted by molar-refractivity contribution is 6.31. The normalized spacial score (nSPS) is 13.0. The molecule has 0 aliphatic rings. The summed E-state index contributed by atoms with van der Waals surface area (Å²) in [5.41, 5.74) is 4.78. The maximum absolute atomic E-state index is 6.29. The van der Waals surface area contributed by atoms with E-state index < -0.39 is 0 Å². The number of nitrogens with two attached hydrogens (primary N) is 1. The molecular formula is C11H20Cl2N4. The molecule has 0 amide bonds. The average molecular weight is 279 g/mol. The van der Waals surface area contributed by atoms with Gasteiger partial charge in [0, 0.05) is 25.4 Å². The highest BCUT2D eigenvalue weighted by Gasteiger charge is 2.16. The van der Waals surface area contributed by atoms with E-state index in [1.54, 1.807) is 0 Å². The Balaban J connectivity index is 2.75. The highest BCUT2D eigenvalue weighted by Crippen LogP contribution is 2.22. The minimum absolute atomic E-state index is 0.186. The Morgan fingerprint density at radius 1 is 1.53 bits per heavy atom. The maximum atomic E-state index is 6.29. The zero-order valence-electron chi connectivity index (χ0n) is 10.3. The summed E-state index contributed by atoms with van der Waals surface area (Å²) in [5.74, 6) is 6.19. The first kappa shape index (κ1) is 14.8. The Labute approximate surface area is 112 Å². The van der Waals surface area contributed by atoms with E-state index in [9.17, 15) is 0 Å². The van der Waals surface area contributed by atoms with E-state index in [1.165, 1.54) is 0 Å². The number of alkyl halides is 1. The minimum atomic E-state index is 0.186. The Hall–Kier alpha value is -0.290. The van der Waals surface area contributed by atoms with E-state index in [0.717, 1.165) is 42.1 Å². The fourth-order valence-electron chi connectivity index (χ4n) is 1.84. The van der Waals surface area contributed by atoms with Crippen LogP contribution in [0.3, 0.4) is 0 Å². The van der Waals surface area contributed by atoms with Crippen LogP contribution in [0.1, 0.15) is 31.2 Å². The van der Waals surface area contributed by atoms with Crippen molar-refractivity contribution in [2.45, 2.75) is 38.6 Å². The van der Waals surface area contributed by atoms with E-state index in [4.69, 9.17) is 29.0 Å². The van der Waals surface area contributed by atoms with Gasteiger partial charge in [-0.1, -0.05) is 18.5 Å². The lowest BCUT2D eigenvalue weighted by Crippen LogP contribution is -2.37. The molecule has 0 aliphatic heterocycles. The molecule has 1 aromatic rings. The van der Waals surface area contributed by atoms with Crippen molar-refractivity contribution in [3.8, 4) is 0 Å². The lowest BCUT2D eigenvalue weighted by Gasteiger charge is -2.15. The summed E-state index contributed by atoms with van der Waals surface area (Å²) in [5, 5.41) is 5.15. The lowest BCUT2D eigenvalue weighted by molar-refractivity contribution is 0.474. The van der Waals surface area contributed by atoms with Gasteiger partial charge in [0.15, 0.2) is 0 Å². The van der Waals surface area contributed by atoms with E-state index >= 15 is 0 Å². The first-order valence-corrected chi connectivity index (χ1v) is 6.77. The van der Waals surface area contributed by atoms with Crippen molar-refractivity contribution in [3.63, 3.8) is 0 Å². The van der Waals surface area contributed by atoms with Crippen LogP contribution in [0.5, 0.6) is 0 Å². The summed E-state index contributed by atoms with van der Waals surface area (Å²) < 4.78 is 1.84. The second kappa shape index (κ2) is 7.21. The molecule has 0 aliphatic carbocycles. The van der Waals surface area contributed by atoms with Crippen molar-refractivity contribution in [1.82, 2.24) is 15.2 Å². The molecule has 0 bridgehead atoms. The van der Waals surface area contributed by atoms with Crippen molar-refractivity contribution in [2.24, 2.45) is 12.9 Å². The summed E-state index contributed by atoms with van der Waals surface area (Å²) in [6.07, 6.45) is 3.49. The van der Waals surface area contributed by atoms with Crippen molar-refractivity contribution in [3.05, 3.63) is 16.4 Å². The Morgan fingerprint density at radius 3 is 2.71 bits per heavy atom. The van der Waals surface area contributed by atoms with Gasteiger partial charge in [-0.05, 0) is 19.3 Å². The van der Waals surface area contributed by atoms with Gasteiger partial charge in [0.2, 0.25) is 0 Å². The number of aromatic nitrogens is 2. The zero-order valence-corrected chi connectivity index (χ0v) is 11.9. The molecule has 1 heterocycles. The number of nitrogens with one attached hydrogen (secondary N) is 1. The minimum Gasteiger partial charge on any atom is -0.271 e. The lowest BCUT2D eigenvalue weighted by atomic mass is 10.1. The number of hydrazine groups is 1. The Morgan fingerprint density at radius 2 is 2.24 bits per heavy atom. The zero-order chi connectivity index (χ0) is 12.8. The third-order valence-electron chi connectivity index (χ3n) is 2.86. The van der Waals surface area contributed by atoms with Crippen molar-refractivity contribution in [2.75, 3.05) is 5.88 Å². The topological polar surface area (TPSA) is 55.9 Å². The molecule has 17 heavy (non-hydrogen) atoms. The van der Waals surface area contributed by atoms with Crippen LogP contribution in [-0.4, -0.2) is 21.7 Å². The van der Waals surface area contributed by atoms with Gasteiger partial charge in [0.1, 0.15) is 0 Å². The van der Waals surface area contributed by atoms with Crippen molar-refractivity contribution >= 4 is 23.2 Å².